The topological polar surface area (TPSA) is 82.2 Å². The molecule has 3 amide bonds. The minimum atomic E-state index is -0.311. The Kier molecular flexibility index (Phi) is 9.04. The summed E-state index contributed by atoms with van der Waals surface area (Å²) in [5, 5.41) is 5.02. The first-order chi connectivity index (χ1) is 21.5. The average molecular weight is 609 g/mol. The third kappa shape index (κ3) is 6.54. The molecule has 1 N–H and O–H groups in total. The van der Waals surface area contributed by atoms with E-state index in [0.717, 1.165) is 49.2 Å². The van der Waals surface area contributed by atoms with Crippen molar-refractivity contribution >= 4 is 40.4 Å². The number of benzene rings is 3. The highest BCUT2D eigenvalue weighted by atomic mass is 32.1. The summed E-state index contributed by atoms with van der Waals surface area (Å²) in [6.45, 7) is 3.32. The smallest absolute Gasteiger partial charge is 0.260 e. The maximum absolute atomic E-state index is 13.8. The summed E-state index contributed by atoms with van der Waals surface area (Å²) >= 11 is 1.68. The molecule has 3 heterocycles. The van der Waals surface area contributed by atoms with Gasteiger partial charge >= 0.3 is 0 Å². The van der Waals surface area contributed by atoms with Crippen LogP contribution >= 0.6 is 11.3 Å². The van der Waals surface area contributed by atoms with Crippen molar-refractivity contribution in [3.63, 3.8) is 0 Å². The van der Waals surface area contributed by atoms with E-state index in [4.69, 9.17) is 4.74 Å². The monoisotopic (exact) mass is 608 g/mol. The first kappa shape index (κ1) is 29.6. The number of piperazine rings is 1. The van der Waals surface area contributed by atoms with Crippen LogP contribution in [-0.2, 0) is 11.2 Å². The number of nitrogens with zero attached hydrogens (tertiary/aromatic N) is 3. The van der Waals surface area contributed by atoms with Crippen molar-refractivity contribution in [2.45, 2.75) is 19.3 Å². The first-order valence-electron chi connectivity index (χ1n) is 15.0. The van der Waals surface area contributed by atoms with E-state index in [1.807, 2.05) is 71.9 Å². The third-order valence-electron chi connectivity index (χ3n) is 8.23. The predicted molar refractivity (Wildman–Crippen MR) is 175 cm³/mol. The zero-order valence-corrected chi connectivity index (χ0v) is 25.6. The van der Waals surface area contributed by atoms with Gasteiger partial charge in [-0.3, -0.25) is 14.4 Å². The minimum absolute atomic E-state index is 0.128. The molecule has 9 heteroatoms. The molecular formula is C35H36N4O4S. The zero-order chi connectivity index (χ0) is 30.5. The highest BCUT2D eigenvalue weighted by Crippen LogP contribution is 2.34. The van der Waals surface area contributed by atoms with E-state index >= 15 is 0 Å². The van der Waals surface area contributed by atoms with E-state index < -0.39 is 0 Å². The van der Waals surface area contributed by atoms with Gasteiger partial charge in [0.25, 0.3) is 17.7 Å². The molecule has 3 aromatic carbocycles. The van der Waals surface area contributed by atoms with E-state index in [9.17, 15) is 14.4 Å². The van der Waals surface area contributed by atoms with Gasteiger partial charge in [-0.2, -0.15) is 0 Å². The minimum Gasteiger partial charge on any atom is -0.482 e. The van der Waals surface area contributed by atoms with Crippen LogP contribution in [0.5, 0.6) is 5.75 Å². The Morgan fingerprint density at radius 1 is 0.864 bits per heavy atom. The Hall–Kier alpha value is -4.47. The number of thiophene rings is 1. The van der Waals surface area contributed by atoms with Crippen LogP contribution in [0.25, 0.3) is 11.1 Å². The predicted octanol–water partition coefficient (Wildman–Crippen LogP) is 5.80. The van der Waals surface area contributed by atoms with E-state index in [-0.39, 0.29) is 30.1 Å². The van der Waals surface area contributed by atoms with Gasteiger partial charge in [0, 0.05) is 48.7 Å². The van der Waals surface area contributed by atoms with E-state index in [1.54, 1.807) is 40.5 Å². The molecule has 0 atom stereocenters. The lowest BCUT2D eigenvalue weighted by atomic mass is 9.99. The number of ether oxygens (including phenoxy) is 1. The van der Waals surface area contributed by atoms with Crippen molar-refractivity contribution in [3.8, 4) is 16.9 Å². The summed E-state index contributed by atoms with van der Waals surface area (Å²) in [6.07, 6.45) is 2.93. The molecule has 44 heavy (non-hydrogen) atoms. The number of amides is 3. The molecule has 0 radical (unpaired) electrons. The van der Waals surface area contributed by atoms with E-state index in [2.05, 4.69) is 10.2 Å². The average Bonchev–Trinajstić information content (AvgIpc) is 3.43. The van der Waals surface area contributed by atoms with Crippen molar-refractivity contribution < 1.29 is 19.1 Å². The van der Waals surface area contributed by atoms with Gasteiger partial charge in [0.2, 0.25) is 0 Å². The molecule has 1 fully saturated rings. The second kappa shape index (κ2) is 13.4. The molecule has 226 valence electrons. The van der Waals surface area contributed by atoms with Crippen molar-refractivity contribution in [2.24, 2.45) is 0 Å². The number of aryl methyl sites for hydroxylation is 1. The molecule has 0 bridgehead atoms. The highest BCUT2D eigenvalue weighted by Gasteiger charge is 2.25. The summed E-state index contributed by atoms with van der Waals surface area (Å²) in [7, 11) is 2.04. The largest absolute Gasteiger partial charge is 0.482 e. The number of hydrogen-bond acceptors (Lipinski definition) is 6. The SMILES string of the molecule is CN1CCN(C(=O)COc2cc(C(=O)N3CCCCc4sccc43)ccc2NC(=O)c2ccccc2-c2ccccc2)CC1. The van der Waals surface area contributed by atoms with Crippen LogP contribution in [0.3, 0.4) is 0 Å². The fourth-order valence-electron chi connectivity index (χ4n) is 5.71. The first-order valence-corrected chi connectivity index (χ1v) is 15.9. The molecule has 1 aromatic heterocycles. The highest BCUT2D eigenvalue weighted by molar-refractivity contribution is 7.10. The Labute approximate surface area is 261 Å². The molecular weight excluding hydrogens is 572 g/mol. The zero-order valence-electron chi connectivity index (χ0n) is 24.8. The molecule has 4 aromatic rings. The van der Waals surface area contributed by atoms with Crippen LogP contribution in [0.15, 0.2) is 84.2 Å². The molecule has 0 saturated carbocycles. The van der Waals surface area contributed by atoms with Gasteiger partial charge in [-0.05, 0) is 73.1 Å². The Morgan fingerprint density at radius 3 is 2.45 bits per heavy atom. The van der Waals surface area contributed by atoms with Gasteiger partial charge in [-0.15, -0.1) is 11.3 Å². The molecule has 6 rings (SSSR count). The lowest BCUT2D eigenvalue weighted by Gasteiger charge is -2.32. The quantitative estimate of drug-likeness (QED) is 0.287. The lowest BCUT2D eigenvalue weighted by Crippen LogP contribution is -2.48. The van der Waals surface area contributed by atoms with Crippen LogP contribution in [0.4, 0.5) is 11.4 Å². The Balaban J connectivity index is 1.28. The van der Waals surface area contributed by atoms with Crippen molar-refractivity contribution in [1.29, 1.82) is 0 Å². The molecule has 8 nitrogen and oxygen atoms in total. The number of hydrogen-bond donors (Lipinski definition) is 1. The second-order valence-electron chi connectivity index (χ2n) is 11.2. The molecule has 0 aliphatic carbocycles. The lowest BCUT2D eigenvalue weighted by molar-refractivity contribution is -0.134. The molecule has 0 spiro atoms. The van der Waals surface area contributed by atoms with Gasteiger partial charge in [-0.1, -0.05) is 48.5 Å². The number of nitrogens with one attached hydrogen (secondary N) is 1. The van der Waals surface area contributed by atoms with Crippen LogP contribution in [0.1, 0.15) is 38.4 Å². The van der Waals surface area contributed by atoms with Crippen molar-refractivity contribution in [1.82, 2.24) is 9.80 Å². The Bertz CT molecular complexity index is 1650. The molecule has 1 saturated heterocycles. The number of carbonyl (C=O) groups excluding carboxylic acids is 3. The maximum Gasteiger partial charge on any atom is 0.260 e. The third-order valence-corrected chi connectivity index (χ3v) is 9.20. The molecule has 2 aliphatic rings. The van der Waals surface area contributed by atoms with Crippen molar-refractivity contribution in [2.75, 3.05) is 56.6 Å². The van der Waals surface area contributed by atoms with Crippen LogP contribution in [-0.4, -0.2) is 73.9 Å². The fourth-order valence-corrected chi connectivity index (χ4v) is 6.63. The Morgan fingerprint density at radius 2 is 1.64 bits per heavy atom. The van der Waals surface area contributed by atoms with Gasteiger partial charge in [0.1, 0.15) is 5.75 Å². The van der Waals surface area contributed by atoms with E-state index in [1.165, 1.54) is 4.88 Å². The number of rotatable bonds is 7. The van der Waals surface area contributed by atoms with Gasteiger partial charge < -0.3 is 24.8 Å². The summed E-state index contributed by atoms with van der Waals surface area (Å²) in [4.78, 5) is 47.6. The number of anilines is 2. The standard InChI is InChI=1S/C35H36N4O4S/c1-37-18-20-38(21-19-37)33(40)24-43-31-23-26(35(42)39-17-8-7-13-32-30(39)16-22-44-32)14-15-29(31)36-34(41)28-12-6-5-11-27(28)25-9-3-2-4-10-25/h2-6,9-12,14-16,22-23H,7-8,13,17-21,24H2,1H3,(H,36,41). The summed E-state index contributed by atoms with van der Waals surface area (Å²) in [6, 6.07) is 24.2. The normalized spacial score (nSPS) is 15.3. The number of carbonyl (C=O) groups is 3. The summed E-state index contributed by atoms with van der Waals surface area (Å²) in [5.74, 6) is -0.288. The van der Waals surface area contributed by atoms with Crippen molar-refractivity contribution in [3.05, 3.63) is 100 Å². The number of fused-ring (bicyclic) bond motifs is 1. The van der Waals surface area contributed by atoms with Gasteiger partial charge in [-0.25, -0.2) is 0 Å². The van der Waals surface area contributed by atoms with Gasteiger partial charge in [0.15, 0.2) is 6.61 Å². The second-order valence-corrected chi connectivity index (χ2v) is 12.2. The summed E-state index contributed by atoms with van der Waals surface area (Å²) < 4.78 is 6.10. The van der Waals surface area contributed by atoms with Crippen LogP contribution in [0, 0.1) is 0 Å². The summed E-state index contributed by atoms with van der Waals surface area (Å²) in [5.41, 5.74) is 4.03. The maximum atomic E-state index is 13.8. The number of likely N-dealkylation sites (N-methyl/N-ethyl adjacent to an activating group) is 1. The fraction of sp³-hybridized carbons (Fsp3) is 0.286. The van der Waals surface area contributed by atoms with Crippen LogP contribution < -0.4 is 15.0 Å². The molecule has 2 aliphatic heterocycles. The molecule has 0 unspecified atom stereocenters. The van der Waals surface area contributed by atoms with Crippen LogP contribution in [0.2, 0.25) is 0 Å². The van der Waals surface area contributed by atoms with Gasteiger partial charge in [0.05, 0.1) is 11.4 Å². The van der Waals surface area contributed by atoms with E-state index in [0.29, 0.717) is 36.4 Å².